The third-order valence-corrected chi connectivity index (χ3v) is 4.90. The third kappa shape index (κ3) is 2.97. The average Bonchev–Trinajstić information content (AvgIpc) is 3.00. The molecule has 0 fully saturated rings. The Balaban J connectivity index is 2.11. The van der Waals surface area contributed by atoms with E-state index in [2.05, 4.69) is 46.5 Å². The Bertz CT molecular complexity index is 885. The highest BCUT2D eigenvalue weighted by molar-refractivity contribution is 7.17. The van der Waals surface area contributed by atoms with E-state index < -0.39 is 11.5 Å². The molecule has 2 N–H and O–H groups in total. The van der Waals surface area contributed by atoms with Crippen LogP contribution in [0.15, 0.2) is 36.0 Å². The van der Waals surface area contributed by atoms with E-state index in [1.54, 1.807) is 13.8 Å². The zero-order chi connectivity index (χ0) is 17.3. The van der Waals surface area contributed by atoms with Crippen LogP contribution in [-0.4, -0.2) is 26.6 Å². The molecule has 0 saturated heterocycles. The topological polar surface area (TPSA) is 75.1 Å². The summed E-state index contributed by atoms with van der Waals surface area (Å²) in [6.45, 7) is 5.36. The molecule has 0 aliphatic carbocycles. The van der Waals surface area contributed by atoms with E-state index in [9.17, 15) is 9.90 Å². The van der Waals surface area contributed by atoms with Gasteiger partial charge in [-0.2, -0.15) is 0 Å². The lowest BCUT2D eigenvalue weighted by Gasteiger charge is -2.22. The zero-order valence-electron chi connectivity index (χ0n) is 13.8. The molecule has 1 aromatic carbocycles. The Morgan fingerprint density at radius 1 is 1.25 bits per heavy atom. The van der Waals surface area contributed by atoms with Gasteiger partial charge in [-0.3, -0.25) is 0 Å². The number of carbonyl (C=O) groups is 1. The average molecular weight is 341 g/mol. The van der Waals surface area contributed by atoms with Gasteiger partial charge >= 0.3 is 5.97 Å². The Hall–Kier alpha value is -2.47. The van der Waals surface area contributed by atoms with Crippen molar-refractivity contribution < 1.29 is 9.90 Å². The lowest BCUT2D eigenvalue weighted by molar-refractivity contribution is -0.141. The minimum atomic E-state index is -1.12. The van der Waals surface area contributed by atoms with Crippen molar-refractivity contribution in [2.24, 2.45) is 0 Å². The SMILES string of the molecule is CCc1ccc(-c2csc3ncnc(NC(C)(C)C(=O)O)c23)cc1. The number of aromatic nitrogens is 2. The van der Waals surface area contributed by atoms with Crippen LogP contribution in [0.25, 0.3) is 21.3 Å². The second kappa shape index (κ2) is 6.20. The number of nitrogens with zero attached hydrogens (tertiary/aromatic N) is 2. The Morgan fingerprint density at radius 3 is 2.58 bits per heavy atom. The number of hydrogen-bond donors (Lipinski definition) is 2. The van der Waals surface area contributed by atoms with Gasteiger partial charge in [0.15, 0.2) is 0 Å². The third-order valence-electron chi connectivity index (χ3n) is 4.01. The number of carboxylic acids is 1. The molecule has 0 spiro atoms. The first kappa shape index (κ1) is 16.4. The summed E-state index contributed by atoms with van der Waals surface area (Å²) in [4.78, 5) is 20.9. The van der Waals surface area contributed by atoms with Gasteiger partial charge in [-0.15, -0.1) is 11.3 Å². The monoisotopic (exact) mass is 341 g/mol. The highest BCUT2D eigenvalue weighted by atomic mass is 32.1. The van der Waals surface area contributed by atoms with Crippen molar-refractivity contribution in [1.82, 2.24) is 9.97 Å². The standard InChI is InChI=1S/C18H19N3O2S/c1-4-11-5-7-12(8-6-11)13-9-24-16-14(13)15(19-10-20-16)21-18(2,3)17(22)23/h5-10H,4H2,1-3H3,(H,22,23)(H,19,20,21). The molecule has 0 unspecified atom stereocenters. The number of carboxylic acid groups (broad SMARTS) is 1. The second-order valence-corrected chi connectivity index (χ2v) is 7.02. The number of rotatable bonds is 5. The molecule has 0 aliphatic heterocycles. The number of anilines is 1. The van der Waals surface area contributed by atoms with Crippen molar-refractivity contribution in [1.29, 1.82) is 0 Å². The molecule has 0 amide bonds. The van der Waals surface area contributed by atoms with Crippen molar-refractivity contribution >= 4 is 33.3 Å². The lowest BCUT2D eigenvalue weighted by Crippen LogP contribution is -2.40. The number of aliphatic carboxylic acids is 1. The van der Waals surface area contributed by atoms with Crippen LogP contribution in [0, 0.1) is 0 Å². The summed E-state index contributed by atoms with van der Waals surface area (Å²) in [6.07, 6.45) is 2.45. The number of aryl methyl sites for hydroxylation is 1. The number of nitrogens with one attached hydrogen (secondary N) is 1. The number of fused-ring (bicyclic) bond motifs is 1. The van der Waals surface area contributed by atoms with Crippen LogP contribution in [0.4, 0.5) is 5.82 Å². The quantitative estimate of drug-likeness (QED) is 0.727. The van der Waals surface area contributed by atoms with Gasteiger partial charge in [-0.25, -0.2) is 14.8 Å². The maximum Gasteiger partial charge on any atom is 0.328 e. The highest BCUT2D eigenvalue weighted by Crippen LogP contribution is 2.37. The van der Waals surface area contributed by atoms with E-state index in [1.807, 2.05) is 5.38 Å². The lowest BCUT2D eigenvalue weighted by atomic mass is 10.0. The number of benzene rings is 1. The van der Waals surface area contributed by atoms with E-state index >= 15 is 0 Å². The maximum absolute atomic E-state index is 11.4. The van der Waals surface area contributed by atoms with Gasteiger partial charge in [0.05, 0.1) is 5.39 Å². The van der Waals surface area contributed by atoms with Gasteiger partial charge < -0.3 is 10.4 Å². The van der Waals surface area contributed by atoms with Gasteiger partial charge in [0.1, 0.15) is 22.5 Å². The smallest absolute Gasteiger partial charge is 0.328 e. The van der Waals surface area contributed by atoms with Crippen LogP contribution >= 0.6 is 11.3 Å². The van der Waals surface area contributed by atoms with Crippen molar-refractivity contribution in [3.63, 3.8) is 0 Å². The normalized spacial score (nSPS) is 11.6. The summed E-state index contributed by atoms with van der Waals surface area (Å²) in [5.41, 5.74) is 2.25. The van der Waals surface area contributed by atoms with Crippen LogP contribution < -0.4 is 5.32 Å². The highest BCUT2D eigenvalue weighted by Gasteiger charge is 2.28. The van der Waals surface area contributed by atoms with E-state index in [-0.39, 0.29) is 0 Å². The first-order valence-corrected chi connectivity index (χ1v) is 8.63. The fraction of sp³-hybridized carbons (Fsp3) is 0.278. The van der Waals surface area contributed by atoms with Crippen molar-refractivity contribution in [3.8, 4) is 11.1 Å². The van der Waals surface area contributed by atoms with Crippen LogP contribution in [0.1, 0.15) is 26.3 Å². The summed E-state index contributed by atoms with van der Waals surface area (Å²) in [5.74, 6) is -0.387. The van der Waals surface area contributed by atoms with E-state index in [4.69, 9.17) is 0 Å². The minimum absolute atomic E-state index is 0.545. The van der Waals surface area contributed by atoms with Gasteiger partial charge in [0.25, 0.3) is 0 Å². The summed E-state index contributed by atoms with van der Waals surface area (Å²) in [5, 5.41) is 15.3. The van der Waals surface area contributed by atoms with Gasteiger partial charge in [0, 0.05) is 10.9 Å². The molecule has 3 rings (SSSR count). The molecule has 24 heavy (non-hydrogen) atoms. The van der Waals surface area contributed by atoms with Crippen LogP contribution in [0.5, 0.6) is 0 Å². The summed E-state index contributed by atoms with van der Waals surface area (Å²) >= 11 is 1.53. The Morgan fingerprint density at radius 2 is 1.96 bits per heavy atom. The molecule has 0 aliphatic rings. The molecule has 3 aromatic rings. The summed E-state index contributed by atoms with van der Waals surface area (Å²) in [7, 11) is 0. The molecule has 6 heteroatoms. The van der Waals surface area contributed by atoms with Crippen LogP contribution in [0.3, 0.4) is 0 Å². The fourth-order valence-corrected chi connectivity index (χ4v) is 3.37. The molecule has 2 heterocycles. The van der Waals surface area contributed by atoms with Crippen molar-refractivity contribution in [2.75, 3.05) is 5.32 Å². The van der Waals surface area contributed by atoms with Crippen LogP contribution in [-0.2, 0) is 11.2 Å². The van der Waals surface area contributed by atoms with Crippen LogP contribution in [0.2, 0.25) is 0 Å². The first-order chi connectivity index (χ1) is 11.4. The molecule has 2 aromatic heterocycles. The van der Waals surface area contributed by atoms with Crippen molar-refractivity contribution in [2.45, 2.75) is 32.7 Å². The van der Waals surface area contributed by atoms with Gasteiger partial charge in [0.2, 0.25) is 0 Å². The van der Waals surface area contributed by atoms with Crippen molar-refractivity contribution in [3.05, 3.63) is 41.5 Å². The van der Waals surface area contributed by atoms with E-state index in [0.717, 1.165) is 27.8 Å². The summed E-state index contributed by atoms with van der Waals surface area (Å²) in [6, 6.07) is 8.38. The first-order valence-electron chi connectivity index (χ1n) is 7.75. The minimum Gasteiger partial charge on any atom is -0.480 e. The molecule has 0 bridgehead atoms. The maximum atomic E-state index is 11.4. The molecule has 0 saturated carbocycles. The van der Waals surface area contributed by atoms with Gasteiger partial charge in [-0.1, -0.05) is 31.2 Å². The molecule has 5 nitrogen and oxygen atoms in total. The number of thiophene rings is 1. The fourth-order valence-electron chi connectivity index (χ4n) is 2.45. The molecular weight excluding hydrogens is 322 g/mol. The Labute approximate surface area is 144 Å². The Kier molecular flexibility index (Phi) is 4.24. The van der Waals surface area contributed by atoms with E-state index in [0.29, 0.717) is 5.82 Å². The predicted octanol–water partition coefficient (Wildman–Crippen LogP) is 4.20. The molecule has 0 radical (unpaired) electrons. The summed E-state index contributed by atoms with van der Waals surface area (Å²) < 4.78 is 0. The molecule has 0 atom stereocenters. The van der Waals surface area contributed by atoms with Gasteiger partial charge in [-0.05, 0) is 31.4 Å². The predicted molar refractivity (Wildman–Crippen MR) is 97.6 cm³/mol. The second-order valence-electron chi connectivity index (χ2n) is 6.16. The largest absolute Gasteiger partial charge is 0.480 e. The zero-order valence-corrected chi connectivity index (χ0v) is 14.6. The molecule has 124 valence electrons. The number of hydrogen-bond acceptors (Lipinski definition) is 5. The van der Waals surface area contributed by atoms with E-state index in [1.165, 1.54) is 23.2 Å². The molecular formula is C18H19N3O2S.